The van der Waals surface area contributed by atoms with Crippen molar-refractivity contribution < 1.29 is 4.74 Å². The Morgan fingerprint density at radius 3 is 2.39 bits per heavy atom. The topological polar surface area (TPSA) is 21.3 Å². The van der Waals surface area contributed by atoms with Crippen molar-refractivity contribution in [3.8, 4) is 0 Å². The van der Waals surface area contributed by atoms with Gasteiger partial charge >= 0.3 is 0 Å². The van der Waals surface area contributed by atoms with E-state index in [1.54, 1.807) is 0 Å². The molecule has 9 rings (SSSR count). The second-order valence-electron chi connectivity index (χ2n) is 14.5. The normalized spacial score (nSPS) is 25.2. The monoisotopic (exact) mass is 663 g/mol. The fourth-order valence-corrected chi connectivity index (χ4v) is 9.28. The molecule has 2 heterocycles. The van der Waals surface area contributed by atoms with Crippen molar-refractivity contribution in [3.05, 3.63) is 219 Å². The fraction of sp³-hybridized carbons (Fsp3) is 0.224. The molecule has 1 N–H and O–H groups in total. The average Bonchev–Trinajstić information content (AvgIpc) is 3.21. The lowest BCUT2D eigenvalue weighted by Crippen LogP contribution is -2.40. The van der Waals surface area contributed by atoms with Gasteiger partial charge in [0.15, 0.2) is 0 Å². The van der Waals surface area contributed by atoms with Gasteiger partial charge in [-0.25, -0.2) is 0 Å². The molecular formula is C49H45NO. The SMILES string of the molecule is CC1=C(c2ccccc2C2C=CC=CC2)NC(c2ccccc2C2(c3ccccc3)C3=CCCC=C3OC3=C2CCC=C3)C=C1C1=CC=CCC1. The Bertz CT molecular complexity index is 2190. The summed E-state index contributed by atoms with van der Waals surface area (Å²) in [6.07, 6.45) is 34.8. The first-order chi connectivity index (χ1) is 25.2. The van der Waals surface area contributed by atoms with Crippen LogP contribution in [-0.2, 0) is 10.2 Å². The fourth-order valence-electron chi connectivity index (χ4n) is 9.28. The van der Waals surface area contributed by atoms with Crippen molar-refractivity contribution >= 4 is 5.70 Å². The molecule has 2 heteroatoms. The van der Waals surface area contributed by atoms with Gasteiger partial charge in [-0.05, 0) is 115 Å². The van der Waals surface area contributed by atoms with Gasteiger partial charge in [0.05, 0.1) is 11.5 Å². The van der Waals surface area contributed by atoms with Crippen molar-refractivity contribution in [2.24, 2.45) is 0 Å². The lowest BCUT2D eigenvalue weighted by Gasteiger charge is -2.47. The van der Waals surface area contributed by atoms with Crippen LogP contribution in [0.4, 0.5) is 0 Å². The van der Waals surface area contributed by atoms with E-state index in [1.165, 1.54) is 61.4 Å². The third-order valence-corrected chi connectivity index (χ3v) is 11.6. The molecule has 2 nitrogen and oxygen atoms in total. The summed E-state index contributed by atoms with van der Waals surface area (Å²) in [7, 11) is 0. The molecule has 252 valence electrons. The third kappa shape index (κ3) is 5.40. The molecule has 51 heavy (non-hydrogen) atoms. The molecule has 3 aromatic carbocycles. The van der Waals surface area contributed by atoms with Gasteiger partial charge in [-0.2, -0.15) is 0 Å². The number of rotatable bonds is 6. The molecule has 6 aliphatic rings. The Hall–Kier alpha value is -5.34. The molecule has 0 spiro atoms. The molecule has 3 aromatic rings. The largest absolute Gasteiger partial charge is 0.457 e. The summed E-state index contributed by atoms with van der Waals surface area (Å²) in [5.74, 6) is 2.37. The van der Waals surface area contributed by atoms with Crippen LogP contribution in [0.2, 0.25) is 0 Å². The quantitative estimate of drug-likeness (QED) is 0.283. The van der Waals surface area contributed by atoms with E-state index in [-0.39, 0.29) is 6.04 Å². The summed E-state index contributed by atoms with van der Waals surface area (Å²) < 4.78 is 6.76. The Morgan fingerprint density at radius 1 is 0.745 bits per heavy atom. The zero-order valence-electron chi connectivity index (χ0n) is 29.4. The van der Waals surface area contributed by atoms with Gasteiger partial charge < -0.3 is 10.1 Å². The number of allylic oxidation sites excluding steroid dienone is 16. The zero-order valence-corrected chi connectivity index (χ0v) is 29.4. The van der Waals surface area contributed by atoms with E-state index >= 15 is 0 Å². The Morgan fingerprint density at radius 2 is 1.55 bits per heavy atom. The lowest BCUT2D eigenvalue weighted by molar-refractivity contribution is 0.281. The van der Waals surface area contributed by atoms with Crippen molar-refractivity contribution in [2.45, 2.75) is 69.2 Å². The lowest BCUT2D eigenvalue weighted by atomic mass is 9.59. The number of hydrogen-bond donors (Lipinski definition) is 1. The number of ether oxygens (including phenoxy) is 1. The number of fused-ring (bicyclic) bond motifs is 1. The summed E-state index contributed by atoms with van der Waals surface area (Å²) in [5.41, 5.74) is 14.1. The maximum Gasteiger partial charge on any atom is 0.127 e. The molecule has 0 amide bonds. The van der Waals surface area contributed by atoms with Gasteiger partial charge in [-0.1, -0.05) is 134 Å². The highest BCUT2D eigenvalue weighted by Crippen LogP contribution is 2.57. The van der Waals surface area contributed by atoms with Crippen LogP contribution in [0.1, 0.15) is 91.6 Å². The second kappa shape index (κ2) is 13.4. The van der Waals surface area contributed by atoms with Gasteiger partial charge in [0, 0.05) is 22.8 Å². The van der Waals surface area contributed by atoms with Gasteiger partial charge in [0.2, 0.25) is 0 Å². The number of nitrogens with one attached hydrogen (secondary N) is 1. The number of dihydropyridines is 1. The molecule has 0 aromatic heterocycles. The summed E-state index contributed by atoms with van der Waals surface area (Å²) >= 11 is 0. The van der Waals surface area contributed by atoms with Crippen LogP contribution in [0, 0.1) is 0 Å². The zero-order chi connectivity index (χ0) is 34.2. The minimum atomic E-state index is -0.474. The standard InChI is InChI=1S/C49H45NO/c1-34-41(36-21-7-3-8-22-36)33-45(50-48(34)39-26-12-11-25-38(39)35-19-5-2-6-20-35)40-27-13-14-28-42(40)49(37-23-9-4-10-24-37)43-29-15-17-31-46(43)51-47-32-18-16-30-44(47)49/h2-7,9-14,17,19,21,23-28,30-33,35,45,50H,8,15-16,18,20,22,29H2,1H3. The molecule has 4 aliphatic carbocycles. The van der Waals surface area contributed by atoms with Gasteiger partial charge in [-0.15, -0.1) is 0 Å². The minimum Gasteiger partial charge on any atom is -0.457 e. The maximum atomic E-state index is 6.76. The summed E-state index contributed by atoms with van der Waals surface area (Å²) in [6.45, 7) is 2.32. The van der Waals surface area contributed by atoms with Gasteiger partial charge in [-0.3, -0.25) is 0 Å². The Balaban J connectivity index is 1.28. The highest BCUT2D eigenvalue weighted by molar-refractivity contribution is 5.78. The predicted molar refractivity (Wildman–Crippen MR) is 211 cm³/mol. The van der Waals surface area contributed by atoms with Crippen LogP contribution in [-0.4, -0.2) is 0 Å². The highest BCUT2D eigenvalue weighted by Gasteiger charge is 2.50. The van der Waals surface area contributed by atoms with E-state index in [0.29, 0.717) is 5.92 Å². The summed E-state index contributed by atoms with van der Waals surface area (Å²) in [5, 5.41) is 4.20. The minimum absolute atomic E-state index is 0.0419. The highest BCUT2D eigenvalue weighted by atomic mass is 16.5. The average molecular weight is 664 g/mol. The molecule has 0 radical (unpaired) electrons. The molecule has 3 unspecified atom stereocenters. The maximum absolute atomic E-state index is 6.76. The van der Waals surface area contributed by atoms with Crippen LogP contribution < -0.4 is 5.32 Å². The smallest absolute Gasteiger partial charge is 0.127 e. The summed E-state index contributed by atoms with van der Waals surface area (Å²) in [6, 6.07) is 29.5. The molecule has 2 aliphatic heterocycles. The van der Waals surface area contributed by atoms with E-state index in [9.17, 15) is 0 Å². The molecule has 0 fully saturated rings. The molecular weight excluding hydrogens is 619 g/mol. The van der Waals surface area contributed by atoms with Gasteiger partial charge in [0.25, 0.3) is 0 Å². The van der Waals surface area contributed by atoms with E-state index in [4.69, 9.17) is 4.74 Å². The molecule has 0 bridgehead atoms. The van der Waals surface area contributed by atoms with E-state index in [2.05, 4.69) is 164 Å². The van der Waals surface area contributed by atoms with E-state index in [1.807, 2.05) is 0 Å². The van der Waals surface area contributed by atoms with Crippen LogP contribution >= 0.6 is 0 Å². The van der Waals surface area contributed by atoms with Crippen molar-refractivity contribution in [1.82, 2.24) is 5.32 Å². The van der Waals surface area contributed by atoms with Crippen LogP contribution in [0.3, 0.4) is 0 Å². The summed E-state index contributed by atoms with van der Waals surface area (Å²) in [4.78, 5) is 0. The first-order valence-corrected chi connectivity index (χ1v) is 18.9. The number of hydrogen-bond acceptors (Lipinski definition) is 2. The Kier molecular flexibility index (Phi) is 8.32. The van der Waals surface area contributed by atoms with Crippen LogP contribution in [0.15, 0.2) is 191 Å². The first-order valence-electron chi connectivity index (χ1n) is 18.9. The van der Waals surface area contributed by atoms with Crippen LogP contribution in [0.5, 0.6) is 0 Å². The number of benzene rings is 3. The first kappa shape index (κ1) is 31.6. The predicted octanol–water partition coefficient (Wildman–Crippen LogP) is 12.1. The van der Waals surface area contributed by atoms with E-state index in [0.717, 1.165) is 56.5 Å². The van der Waals surface area contributed by atoms with Crippen molar-refractivity contribution in [1.29, 1.82) is 0 Å². The van der Waals surface area contributed by atoms with Gasteiger partial charge in [0.1, 0.15) is 11.5 Å². The van der Waals surface area contributed by atoms with Crippen molar-refractivity contribution in [2.75, 3.05) is 0 Å². The van der Waals surface area contributed by atoms with Crippen LogP contribution in [0.25, 0.3) is 5.70 Å². The molecule has 0 saturated heterocycles. The van der Waals surface area contributed by atoms with Crippen molar-refractivity contribution in [3.63, 3.8) is 0 Å². The third-order valence-electron chi connectivity index (χ3n) is 11.6. The van der Waals surface area contributed by atoms with E-state index < -0.39 is 5.41 Å². The Labute approximate surface area is 303 Å². The molecule has 3 atom stereocenters. The molecule has 0 saturated carbocycles. The second-order valence-corrected chi connectivity index (χ2v) is 14.5.